The Labute approximate surface area is 153 Å². The van der Waals surface area contributed by atoms with Crippen LogP contribution in [0.3, 0.4) is 0 Å². The number of rotatable bonds is 8. The quantitative estimate of drug-likeness (QED) is 0.768. The number of benzene rings is 2. The average Bonchev–Trinajstić information content (AvgIpc) is 2.59. The van der Waals surface area contributed by atoms with Crippen LogP contribution in [-0.4, -0.2) is 38.0 Å². The number of anilines is 1. The maximum absolute atomic E-state index is 13.7. The molecule has 2 aromatic rings. The summed E-state index contributed by atoms with van der Waals surface area (Å²) in [5.74, 6) is -0.824. The van der Waals surface area contributed by atoms with Gasteiger partial charge in [0.2, 0.25) is 15.9 Å². The molecule has 0 unspecified atom stereocenters. The highest BCUT2D eigenvalue weighted by Gasteiger charge is 2.20. The molecule has 0 spiro atoms. The molecule has 1 amide bonds. The highest BCUT2D eigenvalue weighted by atomic mass is 32.2. The molecule has 0 heterocycles. The Balaban J connectivity index is 2.00. The van der Waals surface area contributed by atoms with E-state index in [1.165, 1.54) is 6.07 Å². The number of nitrogens with one attached hydrogen (secondary N) is 1. The first-order valence-corrected chi connectivity index (χ1v) is 10.2. The summed E-state index contributed by atoms with van der Waals surface area (Å²) in [4.78, 5) is 12.2. The van der Waals surface area contributed by atoms with Gasteiger partial charge in [-0.3, -0.25) is 4.79 Å². The molecule has 2 aromatic carbocycles. The summed E-state index contributed by atoms with van der Waals surface area (Å²) < 4.78 is 38.7. The first kappa shape index (κ1) is 20.1. The molecule has 5 nitrogen and oxygen atoms in total. The van der Waals surface area contributed by atoms with Crippen molar-refractivity contribution in [1.82, 2.24) is 4.31 Å². The second kappa shape index (κ2) is 8.91. The predicted octanol–water partition coefficient (Wildman–Crippen LogP) is 2.83. The summed E-state index contributed by atoms with van der Waals surface area (Å²) in [6.07, 6.45) is 2.13. The molecule has 0 aromatic heterocycles. The topological polar surface area (TPSA) is 66.5 Å². The van der Waals surface area contributed by atoms with Crippen LogP contribution in [0.15, 0.2) is 48.5 Å². The molecule has 0 fully saturated rings. The fraction of sp³-hybridized carbons (Fsp3) is 0.316. The third kappa shape index (κ3) is 5.93. The normalized spacial score (nSPS) is 11.5. The van der Waals surface area contributed by atoms with Crippen LogP contribution in [0.5, 0.6) is 0 Å². The van der Waals surface area contributed by atoms with Crippen LogP contribution < -0.4 is 5.32 Å². The molecule has 140 valence electrons. The number of halogens is 1. The minimum Gasteiger partial charge on any atom is -0.325 e. The van der Waals surface area contributed by atoms with Gasteiger partial charge >= 0.3 is 0 Å². The molecule has 0 aliphatic heterocycles. The largest absolute Gasteiger partial charge is 0.325 e. The summed E-state index contributed by atoms with van der Waals surface area (Å²) in [5.41, 5.74) is 2.16. The summed E-state index contributed by atoms with van der Waals surface area (Å²) >= 11 is 0. The number of aryl methyl sites for hydroxylation is 1. The van der Waals surface area contributed by atoms with E-state index in [-0.39, 0.29) is 25.3 Å². The van der Waals surface area contributed by atoms with Crippen LogP contribution in [0, 0.1) is 5.82 Å². The number of carbonyl (C=O) groups excluding carboxylic acids is 1. The maximum Gasteiger partial charge on any atom is 0.239 e. The molecule has 0 saturated heterocycles. The summed E-state index contributed by atoms with van der Waals surface area (Å²) in [7, 11) is -3.60. The van der Waals surface area contributed by atoms with E-state index in [2.05, 4.69) is 5.32 Å². The first-order chi connectivity index (χ1) is 12.3. The van der Waals surface area contributed by atoms with Crippen molar-refractivity contribution in [2.75, 3.05) is 24.7 Å². The van der Waals surface area contributed by atoms with Crippen LogP contribution in [0.1, 0.15) is 18.1 Å². The fourth-order valence-corrected chi connectivity index (χ4v) is 3.27. The Hall–Kier alpha value is -2.25. The monoisotopic (exact) mass is 378 g/mol. The average molecular weight is 378 g/mol. The Bertz CT molecular complexity index is 851. The lowest BCUT2D eigenvalue weighted by atomic mass is 10.1. The fourth-order valence-electron chi connectivity index (χ4n) is 2.49. The van der Waals surface area contributed by atoms with Crippen molar-refractivity contribution in [1.29, 1.82) is 0 Å². The van der Waals surface area contributed by atoms with Gasteiger partial charge in [-0.15, -0.1) is 0 Å². The van der Waals surface area contributed by atoms with Crippen molar-refractivity contribution in [3.05, 3.63) is 65.5 Å². The van der Waals surface area contributed by atoms with Gasteiger partial charge in [0.25, 0.3) is 0 Å². The molecule has 1 N–H and O–H groups in total. The van der Waals surface area contributed by atoms with Gasteiger partial charge in [0, 0.05) is 12.2 Å². The number of hydrogen-bond donors (Lipinski definition) is 1. The van der Waals surface area contributed by atoms with Crippen molar-refractivity contribution in [2.45, 2.75) is 19.8 Å². The van der Waals surface area contributed by atoms with Gasteiger partial charge in [0.15, 0.2) is 0 Å². The molecule has 0 bridgehead atoms. The molecule has 2 rings (SSSR count). The van der Waals surface area contributed by atoms with Crippen LogP contribution >= 0.6 is 0 Å². The molecule has 0 radical (unpaired) electrons. The lowest BCUT2D eigenvalue weighted by Gasteiger charge is -2.19. The van der Waals surface area contributed by atoms with Crippen molar-refractivity contribution < 1.29 is 17.6 Å². The molecule has 0 aliphatic rings. The standard InChI is InChI=1S/C19H23FN2O3S/c1-3-15-8-10-17(11-9-15)21-19(23)14-22(26(2,24)25)13-12-16-6-4-5-7-18(16)20/h4-11H,3,12-14H2,1-2H3,(H,21,23). The van der Waals surface area contributed by atoms with Crippen molar-refractivity contribution in [3.8, 4) is 0 Å². The number of hydrogen-bond acceptors (Lipinski definition) is 3. The van der Waals surface area contributed by atoms with Crippen LogP contribution in [0.2, 0.25) is 0 Å². The highest BCUT2D eigenvalue weighted by molar-refractivity contribution is 7.88. The number of amides is 1. The molecular formula is C19H23FN2O3S. The van der Waals surface area contributed by atoms with E-state index >= 15 is 0 Å². The third-order valence-electron chi connectivity index (χ3n) is 4.02. The smallest absolute Gasteiger partial charge is 0.239 e. The minimum atomic E-state index is -3.60. The third-order valence-corrected chi connectivity index (χ3v) is 5.27. The summed E-state index contributed by atoms with van der Waals surface area (Å²) in [5, 5.41) is 2.69. The van der Waals surface area contributed by atoms with Gasteiger partial charge in [-0.2, -0.15) is 4.31 Å². The number of nitrogens with zero attached hydrogens (tertiary/aromatic N) is 1. The number of sulfonamides is 1. The van der Waals surface area contributed by atoms with Gasteiger partial charge in [0.05, 0.1) is 12.8 Å². The summed E-state index contributed by atoms with van der Waals surface area (Å²) in [6, 6.07) is 13.6. The highest BCUT2D eigenvalue weighted by Crippen LogP contribution is 2.12. The van der Waals surface area contributed by atoms with Gasteiger partial charge < -0.3 is 5.32 Å². The molecule has 26 heavy (non-hydrogen) atoms. The first-order valence-electron chi connectivity index (χ1n) is 8.37. The molecular weight excluding hydrogens is 355 g/mol. The van der Waals surface area contributed by atoms with Gasteiger partial charge in [0.1, 0.15) is 5.82 Å². The summed E-state index contributed by atoms with van der Waals surface area (Å²) in [6.45, 7) is 1.75. The van der Waals surface area contributed by atoms with Crippen LogP contribution in [0.25, 0.3) is 0 Å². The molecule has 0 saturated carbocycles. The van der Waals surface area contributed by atoms with E-state index in [9.17, 15) is 17.6 Å². The minimum absolute atomic E-state index is 0.0297. The van der Waals surface area contributed by atoms with Gasteiger partial charge in [-0.25, -0.2) is 12.8 Å². The Morgan fingerprint density at radius 1 is 1.12 bits per heavy atom. The van der Waals surface area contributed by atoms with E-state index in [4.69, 9.17) is 0 Å². The van der Waals surface area contributed by atoms with Crippen molar-refractivity contribution in [3.63, 3.8) is 0 Å². The zero-order valence-corrected chi connectivity index (χ0v) is 15.7. The predicted molar refractivity (Wildman–Crippen MR) is 101 cm³/mol. The van der Waals surface area contributed by atoms with E-state index < -0.39 is 15.9 Å². The zero-order valence-electron chi connectivity index (χ0n) is 14.9. The molecule has 0 aliphatic carbocycles. The second-order valence-corrected chi connectivity index (χ2v) is 8.02. The van der Waals surface area contributed by atoms with Gasteiger partial charge in [-0.05, 0) is 42.2 Å². The van der Waals surface area contributed by atoms with Gasteiger partial charge in [-0.1, -0.05) is 37.3 Å². The molecule has 0 atom stereocenters. The SMILES string of the molecule is CCc1ccc(NC(=O)CN(CCc2ccccc2F)S(C)(=O)=O)cc1. The van der Waals surface area contributed by atoms with Crippen LogP contribution in [-0.2, 0) is 27.7 Å². The lowest BCUT2D eigenvalue weighted by molar-refractivity contribution is -0.116. The Morgan fingerprint density at radius 2 is 1.77 bits per heavy atom. The molecule has 7 heteroatoms. The van der Waals surface area contributed by atoms with Crippen molar-refractivity contribution in [2.24, 2.45) is 0 Å². The van der Waals surface area contributed by atoms with Crippen LogP contribution in [0.4, 0.5) is 10.1 Å². The van der Waals surface area contributed by atoms with E-state index in [0.717, 1.165) is 22.5 Å². The Kier molecular flexibility index (Phi) is 6.88. The van der Waals surface area contributed by atoms with E-state index in [1.54, 1.807) is 30.3 Å². The maximum atomic E-state index is 13.7. The van der Waals surface area contributed by atoms with Crippen molar-refractivity contribution >= 4 is 21.6 Å². The Morgan fingerprint density at radius 3 is 2.35 bits per heavy atom. The zero-order chi connectivity index (χ0) is 19.2. The second-order valence-electron chi connectivity index (χ2n) is 6.04. The van der Waals surface area contributed by atoms with E-state index in [1.807, 2.05) is 19.1 Å². The van der Waals surface area contributed by atoms with E-state index in [0.29, 0.717) is 11.3 Å². The lowest BCUT2D eigenvalue weighted by Crippen LogP contribution is -2.38. The number of carbonyl (C=O) groups is 1.